The maximum absolute atomic E-state index is 13.0. The summed E-state index contributed by atoms with van der Waals surface area (Å²) in [5.74, 6) is -0.775. The van der Waals surface area contributed by atoms with E-state index in [-0.39, 0.29) is 24.1 Å². The maximum atomic E-state index is 13.0. The van der Waals surface area contributed by atoms with Crippen LogP contribution >= 0.6 is 0 Å². The van der Waals surface area contributed by atoms with E-state index in [2.05, 4.69) is 34.1 Å². The Hall–Kier alpha value is -3.19. The lowest BCUT2D eigenvalue weighted by atomic mass is 9.97. The van der Waals surface area contributed by atoms with Gasteiger partial charge in [-0.15, -0.1) is 0 Å². The smallest absolute Gasteiger partial charge is 0.255 e. The molecule has 7 nitrogen and oxygen atoms in total. The number of hydrogen-bond acceptors (Lipinski definition) is 5. The standard InChI is InChI=1S/C24H26N4O3/c29-22-10-9-21(23(30)27-22)28-14-19-16(4-1-6-18(19)24(28)31)13-25-12-15-5-2-8-20-17(15)7-3-11-26-20/h1-2,4-6,8,21,25-26H,3,7,9-14H2,(H,27,29,30). The van der Waals surface area contributed by atoms with E-state index in [0.717, 1.165) is 37.1 Å². The normalized spacial score (nSPS) is 20.2. The molecule has 7 heteroatoms. The van der Waals surface area contributed by atoms with Gasteiger partial charge in [0.25, 0.3) is 5.91 Å². The second-order valence-corrected chi connectivity index (χ2v) is 8.42. The number of rotatable bonds is 5. The Morgan fingerprint density at radius 2 is 1.74 bits per heavy atom. The van der Waals surface area contributed by atoms with Crippen LogP contribution in [-0.2, 0) is 35.6 Å². The first-order valence-corrected chi connectivity index (χ1v) is 10.9. The Morgan fingerprint density at radius 1 is 0.968 bits per heavy atom. The predicted octanol–water partition coefficient (Wildman–Crippen LogP) is 2.10. The number of benzene rings is 2. The van der Waals surface area contributed by atoms with E-state index < -0.39 is 6.04 Å². The van der Waals surface area contributed by atoms with E-state index in [1.165, 1.54) is 16.8 Å². The topological polar surface area (TPSA) is 90.5 Å². The molecular formula is C24H26N4O3. The molecule has 2 aromatic rings. The van der Waals surface area contributed by atoms with E-state index in [0.29, 0.717) is 25.1 Å². The highest BCUT2D eigenvalue weighted by molar-refractivity contribution is 6.05. The zero-order valence-corrected chi connectivity index (χ0v) is 17.4. The molecule has 1 atom stereocenters. The fourth-order valence-corrected chi connectivity index (χ4v) is 4.90. The van der Waals surface area contributed by atoms with Crippen molar-refractivity contribution in [1.82, 2.24) is 15.5 Å². The number of carbonyl (C=O) groups is 3. The lowest BCUT2D eigenvalue weighted by molar-refractivity contribution is -0.136. The molecule has 31 heavy (non-hydrogen) atoms. The molecule has 1 fully saturated rings. The number of nitrogens with one attached hydrogen (secondary N) is 3. The monoisotopic (exact) mass is 418 g/mol. The van der Waals surface area contributed by atoms with Gasteiger partial charge in [-0.05, 0) is 53.6 Å². The van der Waals surface area contributed by atoms with E-state index >= 15 is 0 Å². The van der Waals surface area contributed by atoms with Gasteiger partial charge in [0.05, 0.1) is 0 Å². The molecule has 2 aromatic carbocycles. The molecule has 0 aliphatic carbocycles. The zero-order valence-electron chi connectivity index (χ0n) is 17.4. The fourth-order valence-electron chi connectivity index (χ4n) is 4.90. The summed E-state index contributed by atoms with van der Waals surface area (Å²) in [5, 5.41) is 9.36. The number of fused-ring (bicyclic) bond motifs is 2. The Kier molecular flexibility index (Phi) is 5.19. The molecule has 5 rings (SSSR count). The quantitative estimate of drug-likeness (QED) is 0.647. The average Bonchev–Trinajstić information content (AvgIpc) is 3.11. The molecule has 0 saturated carbocycles. The summed E-state index contributed by atoms with van der Waals surface area (Å²) in [5.41, 5.74) is 6.63. The first-order chi connectivity index (χ1) is 15.1. The molecule has 1 unspecified atom stereocenters. The minimum atomic E-state index is -0.582. The molecule has 0 radical (unpaired) electrons. The van der Waals surface area contributed by atoms with Crippen molar-refractivity contribution in [3.8, 4) is 0 Å². The minimum absolute atomic E-state index is 0.130. The number of nitrogens with zero attached hydrogens (tertiary/aromatic N) is 1. The van der Waals surface area contributed by atoms with Crippen LogP contribution in [0.1, 0.15) is 51.9 Å². The second kappa shape index (κ2) is 8.15. The van der Waals surface area contributed by atoms with Crippen molar-refractivity contribution in [2.75, 3.05) is 11.9 Å². The van der Waals surface area contributed by atoms with Crippen LogP contribution in [0.2, 0.25) is 0 Å². The van der Waals surface area contributed by atoms with Crippen LogP contribution in [0, 0.1) is 0 Å². The number of piperidine rings is 1. The lowest BCUT2D eigenvalue weighted by Gasteiger charge is -2.29. The highest BCUT2D eigenvalue weighted by atomic mass is 16.2. The van der Waals surface area contributed by atoms with Gasteiger partial charge < -0.3 is 15.5 Å². The molecular weight excluding hydrogens is 392 g/mol. The molecule has 3 aliphatic heterocycles. The van der Waals surface area contributed by atoms with E-state index in [1.807, 2.05) is 18.2 Å². The summed E-state index contributed by atoms with van der Waals surface area (Å²) < 4.78 is 0. The Bertz CT molecular complexity index is 1060. The Morgan fingerprint density at radius 3 is 2.55 bits per heavy atom. The van der Waals surface area contributed by atoms with Gasteiger partial charge in [-0.2, -0.15) is 0 Å². The van der Waals surface area contributed by atoms with Crippen LogP contribution in [0.5, 0.6) is 0 Å². The summed E-state index contributed by atoms with van der Waals surface area (Å²) >= 11 is 0. The van der Waals surface area contributed by atoms with Gasteiger partial charge in [0.15, 0.2) is 0 Å². The minimum Gasteiger partial charge on any atom is -0.385 e. The first kappa shape index (κ1) is 19.8. The molecule has 3 heterocycles. The molecule has 0 aromatic heterocycles. The molecule has 160 valence electrons. The molecule has 3 amide bonds. The van der Waals surface area contributed by atoms with Crippen LogP contribution in [0.25, 0.3) is 0 Å². The van der Waals surface area contributed by atoms with Crippen molar-refractivity contribution >= 4 is 23.4 Å². The van der Waals surface area contributed by atoms with Crippen molar-refractivity contribution < 1.29 is 14.4 Å². The highest BCUT2D eigenvalue weighted by Gasteiger charge is 2.39. The number of imide groups is 1. The first-order valence-electron chi connectivity index (χ1n) is 10.9. The SMILES string of the molecule is O=C1CCC(N2Cc3c(CNCc4cccc5c4CCCN5)cccc3C2=O)C(=O)N1. The molecule has 0 spiro atoms. The third-order valence-electron chi connectivity index (χ3n) is 6.50. The average molecular weight is 418 g/mol. The lowest BCUT2D eigenvalue weighted by Crippen LogP contribution is -2.52. The van der Waals surface area contributed by atoms with Crippen molar-refractivity contribution in [2.45, 2.75) is 51.4 Å². The second-order valence-electron chi connectivity index (χ2n) is 8.42. The Labute approximate surface area is 181 Å². The number of hydrogen-bond donors (Lipinski definition) is 3. The molecule has 0 bridgehead atoms. The van der Waals surface area contributed by atoms with Crippen LogP contribution in [0.4, 0.5) is 5.69 Å². The van der Waals surface area contributed by atoms with Gasteiger partial charge >= 0.3 is 0 Å². The van der Waals surface area contributed by atoms with Gasteiger partial charge in [-0.25, -0.2) is 0 Å². The summed E-state index contributed by atoms with van der Waals surface area (Å²) in [6, 6.07) is 11.6. The van der Waals surface area contributed by atoms with E-state index in [9.17, 15) is 14.4 Å². The van der Waals surface area contributed by atoms with Crippen LogP contribution in [-0.4, -0.2) is 35.2 Å². The van der Waals surface area contributed by atoms with Crippen molar-refractivity contribution in [1.29, 1.82) is 0 Å². The predicted molar refractivity (Wildman–Crippen MR) is 116 cm³/mol. The largest absolute Gasteiger partial charge is 0.385 e. The summed E-state index contributed by atoms with van der Waals surface area (Å²) in [6.07, 6.45) is 2.89. The van der Waals surface area contributed by atoms with Gasteiger partial charge in [-0.1, -0.05) is 24.3 Å². The van der Waals surface area contributed by atoms with E-state index in [1.54, 1.807) is 4.90 Å². The van der Waals surface area contributed by atoms with Crippen molar-refractivity contribution in [3.05, 3.63) is 64.2 Å². The Balaban J connectivity index is 1.29. The highest BCUT2D eigenvalue weighted by Crippen LogP contribution is 2.30. The van der Waals surface area contributed by atoms with Gasteiger partial charge in [-0.3, -0.25) is 19.7 Å². The van der Waals surface area contributed by atoms with Gasteiger partial charge in [0.1, 0.15) is 6.04 Å². The molecule has 3 N–H and O–H groups in total. The summed E-state index contributed by atoms with van der Waals surface area (Å²) in [6.45, 7) is 2.84. The number of anilines is 1. The number of carbonyl (C=O) groups excluding carboxylic acids is 3. The van der Waals surface area contributed by atoms with Crippen molar-refractivity contribution in [3.63, 3.8) is 0 Å². The van der Waals surface area contributed by atoms with Gasteiger partial charge in [0, 0.05) is 43.9 Å². The fraction of sp³-hybridized carbons (Fsp3) is 0.375. The summed E-state index contributed by atoms with van der Waals surface area (Å²) in [4.78, 5) is 38.3. The third kappa shape index (κ3) is 3.70. The maximum Gasteiger partial charge on any atom is 0.255 e. The van der Waals surface area contributed by atoms with E-state index in [4.69, 9.17) is 0 Å². The van der Waals surface area contributed by atoms with Crippen LogP contribution < -0.4 is 16.0 Å². The third-order valence-corrected chi connectivity index (χ3v) is 6.50. The van der Waals surface area contributed by atoms with Crippen molar-refractivity contribution in [2.24, 2.45) is 0 Å². The van der Waals surface area contributed by atoms with Crippen LogP contribution in [0.3, 0.4) is 0 Å². The zero-order chi connectivity index (χ0) is 21.4. The molecule has 1 saturated heterocycles. The van der Waals surface area contributed by atoms with Gasteiger partial charge in [0.2, 0.25) is 11.8 Å². The molecule has 3 aliphatic rings. The van der Waals surface area contributed by atoms with Crippen LogP contribution in [0.15, 0.2) is 36.4 Å². The summed E-state index contributed by atoms with van der Waals surface area (Å²) in [7, 11) is 0. The number of amides is 3.